The maximum atomic E-state index is 14.0. The van der Waals surface area contributed by atoms with Gasteiger partial charge in [0, 0.05) is 23.9 Å². The number of thiophene rings is 1. The van der Waals surface area contributed by atoms with Crippen LogP contribution in [-0.4, -0.2) is 33.4 Å². The van der Waals surface area contributed by atoms with Crippen molar-refractivity contribution in [3.05, 3.63) is 92.6 Å². The zero-order valence-electron chi connectivity index (χ0n) is 23.4. The molecule has 0 radical (unpaired) electrons. The maximum absolute atomic E-state index is 14.0. The molecule has 8 heteroatoms. The van der Waals surface area contributed by atoms with E-state index >= 15 is 0 Å². The molecule has 2 aromatic carbocycles. The van der Waals surface area contributed by atoms with Gasteiger partial charge in [-0.05, 0) is 48.8 Å². The van der Waals surface area contributed by atoms with Gasteiger partial charge in [0.1, 0.15) is 4.83 Å². The molecule has 1 aliphatic heterocycles. The van der Waals surface area contributed by atoms with Gasteiger partial charge in [0.2, 0.25) is 5.91 Å². The molecule has 5 rings (SSSR count). The van der Waals surface area contributed by atoms with Crippen molar-refractivity contribution in [3.8, 4) is 0 Å². The standard InChI is InChI=1S/C32H37N3O3S2/c1-21(2)26-18-25-27(19-38-26)40-30-29(25)31(37)35(17-16-24-12-8-5-9-13-24)32(34-30)39-20-28(36)33-22(3)14-15-23-10-6-4-7-11-23/h4-13,21-22,26H,14-20H2,1-3H3,(H,33,36)/t22-,26-/m0/s1. The molecule has 210 valence electrons. The lowest BCUT2D eigenvalue weighted by molar-refractivity contribution is -0.119. The van der Waals surface area contributed by atoms with Gasteiger partial charge in [-0.1, -0.05) is 86.3 Å². The van der Waals surface area contributed by atoms with E-state index in [1.807, 2.05) is 43.3 Å². The predicted molar refractivity (Wildman–Crippen MR) is 164 cm³/mol. The molecule has 0 spiro atoms. The van der Waals surface area contributed by atoms with E-state index in [2.05, 4.69) is 43.4 Å². The molecule has 0 bridgehead atoms. The topological polar surface area (TPSA) is 73.2 Å². The van der Waals surface area contributed by atoms with Crippen LogP contribution in [-0.2, 0) is 41.9 Å². The van der Waals surface area contributed by atoms with Crippen molar-refractivity contribution in [1.82, 2.24) is 14.9 Å². The Balaban J connectivity index is 1.34. The Kier molecular flexibility index (Phi) is 9.40. The van der Waals surface area contributed by atoms with E-state index in [4.69, 9.17) is 9.72 Å². The third-order valence-electron chi connectivity index (χ3n) is 7.45. The summed E-state index contributed by atoms with van der Waals surface area (Å²) >= 11 is 2.89. The highest BCUT2D eigenvalue weighted by Gasteiger charge is 2.28. The van der Waals surface area contributed by atoms with Crippen LogP contribution in [0.15, 0.2) is 70.6 Å². The molecule has 0 saturated carbocycles. The number of nitrogens with one attached hydrogen (secondary N) is 1. The molecule has 2 atom stereocenters. The van der Waals surface area contributed by atoms with Crippen LogP contribution < -0.4 is 10.9 Å². The fourth-order valence-electron chi connectivity index (χ4n) is 5.11. The first-order chi connectivity index (χ1) is 19.4. The van der Waals surface area contributed by atoms with E-state index in [0.717, 1.165) is 45.5 Å². The third-order valence-corrected chi connectivity index (χ3v) is 9.53. The molecule has 1 N–H and O–H groups in total. The molecule has 1 amide bonds. The summed E-state index contributed by atoms with van der Waals surface area (Å²) in [6.45, 7) is 7.38. The second-order valence-corrected chi connectivity index (χ2v) is 12.9. The van der Waals surface area contributed by atoms with Crippen molar-refractivity contribution in [3.63, 3.8) is 0 Å². The first kappa shape index (κ1) is 28.6. The first-order valence-electron chi connectivity index (χ1n) is 14.1. The Hall–Kier alpha value is -2.94. The lowest BCUT2D eigenvalue weighted by Crippen LogP contribution is -2.34. The zero-order valence-corrected chi connectivity index (χ0v) is 25.0. The van der Waals surface area contributed by atoms with E-state index in [0.29, 0.717) is 30.6 Å². The van der Waals surface area contributed by atoms with E-state index in [-0.39, 0.29) is 29.4 Å². The number of carbonyl (C=O) groups is 1. The molecule has 1 aliphatic rings. The van der Waals surface area contributed by atoms with E-state index < -0.39 is 0 Å². The minimum atomic E-state index is -0.0480. The Morgan fingerprint density at radius 2 is 1.75 bits per heavy atom. The molecule has 3 heterocycles. The average molecular weight is 576 g/mol. The summed E-state index contributed by atoms with van der Waals surface area (Å²) in [5.74, 6) is 0.538. The maximum Gasteiger partial charge on any atom is 0.263 e. The number of hydrogen-bond donors (Lipinski definition) is 1. The normalized spacial score (nSPS) is 15.8. The summed E-state index contributed by atoms with van der Waals surface area (Å²) in [4.78, 5) is 33.7. The second-order valence-electron chi connectivity index (χ2n) is 10.8. The highest BCUT2D eigenvalue weighted by molar-refractivity contribution is 7.99. The van der Waals surface area contributed by atoms with Crippen molar-refractivity contribution in [1.29, 1.82) is 0 Å². The van der Waals surface area contributed by atoms with Crippen LogP contribution in [0.3, 0.4) is 0 Å². The molecule has 2 aromatic heterocycles. The van der Waals surface area contributed by atoms with Gasteiger partial charge in [-0.2, -0.15) is 0 Å². The number of aryl methyl sites for hydroxylation is 2. The second kappa shape index (κ2) is 13.1. The highest BCUT2D eigenvalue weighted by Crippen LogP contribution is 2.36. The van der Waals surface area contributed by atoms with E-state index in [9.17, 15) is 9.59 Å². The van der Waals surface area contributed by atoms with Crippen LogP contribution >= 0.6 is 23.1 Å². The average Bonchev–Trinajstić information content (AvgIpc) is 3.33. The number of rotatable bonds is 11. The van der Waals surface area contributed by atoms with Gasteiger partial charge in [-0.25, -0.2) is 4.98 Å². The van der Waals surface area contributed by atoms with Crippen molar-refractivity contribution in [2.24, 2.45) is 5.92 Å². The summed E-state index contributed by atoms with van der Waals surface area (Å²) in [5.41, 5.74) is 3.51. The highest BCUT2D eigenvalue weighted by atomic mass is 32.2. The van der Waals surface area contributed by atoms with Gasteiger partial charge >= 0.3 is 0 Å². The Labute approximate surface area is 244 Å². The van der Waals surface area contributed by atoms with Crippen molar-refractivity contribution < 1.29 is 9.53 Å². The zero-order chi connectivity index (χ0) is 28.1. The summed E-state index contributed by atoms with van der Waals surface area (Å²) < 4.78 is 7.86. The Morgan fingerprint density at radius 1 is 1.07 bits per heavy atom. The molecule has 0 unspecified atom stereocenters. The lowest BCUT2D eigenvalue weighted by atomic mass is 9.96. The van der Waals surface area contributed by atoms with Crippen LogP contribution in [0, 0.1) is 5.92 Å². The van der Waals surface area contributed by atoms with Gasteiger partial charge in [-0.3, -0.25) is 14.2 Å². The summed E-state index contributed by atoms with van der Waals surface area (Å²) in [6.07, 6.45) is 3.33. The van der Waals surface area contributed by atoms with Crippen LogP contribution in [0.4, 0.5) is 0 Å². The molecule has 4 aromatic rings. The van der Waals surface area contributed by atoms with Crippen molar-refractivity contribution in [2.75, 3.05) is 5.75 Å². The predicted octanol–water partition coefficient (Wildman–Crippen LogP) is 6.03. The van der Waals surface area contributed by atoms with Gasteiger partial charge in [0.05, 0.1) is 23.8 Å². The molecule has 0 aliphatic carbocycles. The summed E-state index contributed by atoms with van der Waals surface area (Å²) in [7, 11) is 0. The van der Waals surface area contributed by atoms with Crippen molar-refractivity contribution >= 4 is 39.2 Å². The van der Waals surface area contributed by atoms with E-state index in [1.165, 1.54) is 17.3 Å². The molecule has 0 saturated heterocycles. The van der Waals surface area contributed by atoms with Crippen LogP contribution in [0.2, 0.25) is 0 Å². The molecular weight excluding hydrogens is 539 g/mol. The summed E-state index contributed by atoms with van der Waals surface area (Å²) in [5, 5.41) is 4.44. The minimum Gasteiger partial charge on any atom is -0.372 e. The molecule has 0 fully saturated rings. The number of fused-ring (bicyclic) bond motifs is 3. The van der Waals surface area contributed by atoms with Crippen molar-refractivity contribution in [2.45, 2.75) is 76.9 Å². The quantitative estimate of drug-likeness (QED) is 0.175. The lowest BCUT2D eigenvalue weighted by Gasteiger charge is -2.26. The fraction of sp³-hybridized carbons (Fsp3) is 0.406. The first-order valence-corrected chi connectivity index (χ1v) is 15.9. The van der Waals surface area contributed by atoms with Crippen LogP contribution in [0.25, 0.3) is 10.2 Å². The van der Waals surface area contributed by atoms with Gasteiger partial charge in [0.25, 0.3) is 5.56 Å². The van der Waals surface area contributed by atoms with Gasteiger partial charge in [-0.15, -0.1) is 11.3 Å². The van der Waals surface area contributed by atoms with Gasteiger partial charge < -0.3 is 10.1 Å². The number of benzene rings is 2. The summed E-state index contributed by atoms with van der Waals surface area (Å²) in [6, 6.07) is 20.5. The number of aromatic nitrogens is 2. The SMILES string of the molecule is CC(C)[C@@H]1Cc2c(sc3nc(SCC(=O)N[C@@H](C)CCc4ccccc4)n(CCc4ccccc4)c(=O)c23)CO1. The van der Waals surface area contributed by atoms with Crippen LogP contribution in [0.1, 0.15) is 48.8 Å². The number of hydrogen-bond acceptors (Lipinski definition) is 6. The smallest absolute Gasteiger partial charge is 0.263 e. The number of carbonyl (C=O) groups excluding carboxylic acids is 1. The molecule has 40 heavy (non-hydrogen) atoms. The number of amides is 1. The largest absolute Gasteiger partial charge is 0.372 e. The molecular formula is C32H37N3O3S2. The van der Waals surface area contributed by atoms with Crippen LogP contribution in [0.5, 0.6) is 0 Å². The van der Waals surface area contributed by atoms with Gasteiger partial charge in [0.15, 0.2) is 5.16 Å². The number of ether oxygens (including phenoxy) is 1. The fourth-order valence-corrected chi connectivity index (χ4v) is 7.11. The number of nitrogens with zero attached hydrogens (tertiary/aromatic N) is 2. The monoisotopic (exact) mass is 575 g/mol. The minimum absolute atomic E-state index is 0.0121. The third kappa shape index (κ3) is 6.85. The Bertz CT molecular complexity index is 1500. The van der Waals surface area contributed by atoms with E-state index in [1.54, 1.807) is 15.9 Å². The Morgan fingerprint density at radius 3 is 2.42 bits per heavy atom. The number of thioether (sulfide) groups is 1. The molecule has 6 nitrogen and oxygen atoms in total.